The number of aryl methyl sites for hydroxylation is 1. The fourth-order valence-corrected chi connectivity index (χ4v) is 5.05. The van der Waals surface area contributed by atoms with E-state index in [0.29, 0.717) is 32.4 Å². The van der Waals surface area contributed by atoms with Crippen molar-refractivity contribution >= 4 is 23.1 Å². The number of likely N-dealkylation sites (N-methyl/N-ethyl adjacent to an activating group) is 1. The van der Waals surface area contributed by atoms with Gasteiger partial charge in [0, 0.05) is 36.9 Å². The summed E-state index contributed by atoms with van der Waals surface area (Å²) in [5.41, 5.74) is 2.16. The van der Waals surface area contributed by atoms with Crippen molar-refractivity contribution in [2.75, 3.05) is 26.7 Å². The van der Waals surface area contributed by atoms with Crippen LogP contribution < -0.4 is 10.6 Å². The van der Waals surface area contributed by atoms with Crippen molar-refractivity contribution in [2.24, 2.45) is 0 Å². The van der Waals surface area contributed by atoms with Crippen molar-refractivity contribution in [3.05, 3.63) is 71.8 Å². The smallest absolute Gasteiger partial charge is 0.245 e. The molecule has 0 spiro atoms. The minimum absolute atomic E-state index is 0.148. The van der Waals surface area contributed by atoms with E-state index in [1.54, 1.807) is 18.9 Å². The van der Waals surface area contributed by atoms with E-state index in [1.807, 2.05) is 60.7 Å². The van der Waals surface area contributed by atoms with Gasteiger partial charge in [-0.15, -0.1) is 0 Å². The lowest BCUT2D eigenvalue weighted by Crippen LogP contribution is -2.55. The van der Waals surface area contributed by atoms with Crippen LogP contribution in [0.5, 0.6) is 0 Å². The first kappa shape index (κ1) is 28.0. The summed E-state index contributed by atoms with van der Waals surface area (Å²) in [6, 6.07) is 18.3. The highest BCUT2D eigenvalue weighted by atomic mass is 32.2. The molecule has 0 aliphatic carbocycles. The number of nitrogens with one attached hydrogen (secondary N) is 2. The summed E-state index contributed by atoms with van der Waals surface area (Å²) in [6.45, 7) is 2.91. The summed E-state index contributed by atoms with van der Waals surface area (Å²) in [4.78, 5) is 28.1. The number of carbonyl (C=O) groups is 2. The molecule has 4 atom stereocenters. The van der Waals surface area contributed by atoms with Gasteiger partial charge in [0.15, 0.2) is 0 Å². The molecule has 9 heteroatoms. The van der Waals surface area contributed by atoms with E-state index in [-0.39, 0.29) is 24.4 Å². The van der Waals surface area contributed by atoms with Crippen LogP contribution in [0.2, 0.25) is 0 Å². The quantitative estimate of drug-likeness (QED) is 0.399. The second-order valence-electron chi connectivity index (χ2n) is 9.26. The van der Waals surface area contributed by atoms with E-state index in [2.05, 4.69) is 10.6 Å². The SMILES string of the molecule is CN[C@@H](C)C(=O)N[C@@H](CCc1ccccc1)C(=O)N1CCC[C@H]1CN(CCc1ccccc1)S(=O)[O-]. The Morgan fingerprint density at radius 2 is 1.69 bits per heavy atom. The molecule has 0 saturated carbocycles. The molecular weight excluding hydrogens is 476 g/mol. The highest BCUT2D eigenvalue weighted by Gasteiger charge is 2.35. The maximum Gasteiger partial charge on any atom is 0.245 e. The van der Waals surface area contributed by atoms with Gasteiger partial charge in [-0.05, 0) is 57.2 Å². The van der Waals surface area contributed by atoms with E-state index in [1.165, 1.54) is 4.31 Å². The van der Waals surface area contributed by atoms with Crippen LogP contribution in [0.4, 0.5) is 0 Å². The van der Waals surface area contributed by atoms with Crippen molar-refractivity contribution in [3.63, 3.8) is 0 Å². The first-order valence-corrected chi connectivity index (χ1v) is 13.6. The molecule has 2 amide bonds. The average molecular weight is 514 g/mol. The van der Waals surface area contributed by atoms with Gasteiger partial charge >= 0.3 is 0 Å². The third kappa shape index (κ3) is 8.23. The molecule has 3 rings (SSSR count). The topological polar surface area (TPSA) is 105 Å². The van der Waals surface area contributed by atoms with Crippen molar-refractivity contribution < 1.29 is 18.4 Å². The normalized spacial score (nSPS) is 18.1. The zero-order valence-corrected chi connectivity index (χ0v) is 21.9. The molecular formula is C27H37N4O4S-. The van der Waals surface area contributed by atoms with E-state index in [9.17, 15) is 18.4 Å². The van der Waals surface area contributed by atoms with E-state index < -0.39 is 23.4 Å². The Hall–Kier alpha value is -2.59. The zero-order valence-electron chi connectivity index (χ0n) is 21.1. The summed E-state index contributed by atoms with van der Waals surface area (Å²) in [7, 11) is 1.70. The second-order valence-corrected chi connectivity index (χ2v) is 10.2. The van der Waals surface area contributed by atoms with Gasteiger partial charge in [-0.3, -0.25) is 13.8 Å². The van der Waals surface area contributed by atoms with Gasteiger partial charge < -0.3 is 20.1 Å². The monoisotopic (exact) mass is 513 g/mol. The van der Waals surface area contributed by atoms with Crippen LogP contribution in [0, 0.1) is 0 Å². The Bertz CT molecular complexity index is 992. The molecule has 2 aromatic carbocycles. The minimum Gasteiger partial charge on any atom is -0.760 e. The molecule has 0 radical (unpaired) electrons. The van der Waals surface area contributed by atoms with Gasteiger partial charge in [0.05, 0.1) is 6.04 Å². The first-order valence-electron chi connectivity index (χ1n) is 12.6. The number of rotatable bonds is 13. The summed E-state index contributed by atoms with van der Waals surface area (Å²) in [5, 5.41) is 5.84. The Morgan fingerprint density at radius 1 is 1.08 bits per heavy atom. The number of nitrogens with zero attached hydrogens (tertiary/aromatic N) is 2. The van der Waals surface area contributed by atoms with Crippen LogP contribution in [0.15, 0.2) is 60.7 Å². The summed E-state index contributed by atoms with van der Waals surface area (Å²) in [5.74, 6) is -0.380. The molecule has 1 aliphatic rings. The van der Waals surface area contributed by atoms with Crippen LogP contribution in [0.3, 0.4) is 0 Å². The van der Waals surface area contributed by atoms with E-state index in [4.69, 9.17) is 0 Å². The highest BCUT2D eigenvalue weighted by Crippen LogP contribution is 2.21. The predicted octanol–water partition coefficient (Wildman–Crippen LogP) is 2.04. The van der Waals surface area contributed by atoms with Gasteiger partial charge in [-0.1, -0.05) is 60.7 Å². The maximum absolute atomic E-state index is 13.7. The molecule has 2 aromatic rings. The van der Waals surface area contributed by atoms with Gasteiger partial charge in [-0.25, -0.2) is 4.31 Å². The molecule has 1 fully saturated rings. The van der Waals surface area contributed by atoms with Crippen LogP contribution >= 0.6 is 0 Å². The maximum atomic E-state index is 13.7. The molecule has 0 bridgehead atoms. The number of carbonyl (C=O) groups excluding carboxylic acids is 2. The minimum atomic E-state index is -2.39. The lowest BCUT2D eigenvalue weighted by molar-refractivity contribution is -0.137. The van der Waals surface area contributed by atoms with Gasteiger partial charge in [0.2, 0.25) is 11.8 Å². The standard InChI is InChI=1S/C27H38N4O4S/c1-21(28-2)26(32)29-25(16-15-22-10-5-3-6-11-22)27(33)31-18-9-14-24(31)20-30(36(34)35)19-17-23-12-7-4-8-13-23/h3-8,10-13,21,24-25,28H,9,14-20H2,1-2H3,(H,29,32)(H,34,35)/p-1/t21-,24-,25-/m0/s1. The van der Waals surface area contributed by atoms with Crippen molar-refractivity contribution in [1.82, 2.24) is 19.8 Å². The Kier molecular flexibility index (Phi) is 11.1. The molecule has 36 heavy (non-hydrogen) atoms. The summed E-state index contributed by atoms with van der Waals surface area (Å²) >= 11 is -2.39. The van der Waals surface area contributed by atoms with E-state index >= 15 is 0 Å². The second kappa shape index (κ2) is 14.2. The lowest BCUT2D eigenvalue weighted by atomic mass is 10.0. The molecule has 1 aliphatic heterocycles. The number of hydrogen-bond acceptors (Lipinski definition) is 5. The first-order chi connectivity index (χ1) is 17.4. The van der Waals surface area contributed by atoms with Crippen LogP contribution in [0.1, 0.15) is 37.3 Å². The number of benzene rings is 2. The highest BCUT2D eigenvalue weighted by molar-refractivity contribution is 7.76. The van der Waals surface area contributed by atoms with Crippen molar-refractivity contribution in [1.29, 1.82) is 0 Å². The largest absolute Gasteiger partial charge is 0.760 e. The summed E-state index contributed by atoms with van der Waals surface area (Å²) < 4.78 is 25.4. The lowest BCUT2D eigenvalue weighted by Gasteiger charge is -2.34. The van der Waals surface area contributed by atoms with Crippen molar-refractivity contribution in [3.8, 4) is 0 Å². The van der Waals surface area contributed by atoms with Crippen LogP contribution in [-0.2, 0) is 33.7 Å². The van der Waals surface area contributed by atoms with Gasteiger partial charge in [-0.2, -0.15) is 0 Å². The Labute approximate surface area is 216 Å². The summed E-state index contributed by atoms with van der Waals surface area (Å²) in [6.07, 6.45) is 3.27. The Morgan fingerprint density at radius 3 is 2.28 bits per heavy atom. The molecule has 8 nitrogen and oxygen atoms in total. The fraction of sp³-hybridized carbons (Fsp3) is 0.481. The third-order valence-corrected chi connectivity index (χ3v) is 7.54. The predicted molar refractivity (Wildman–Crippen MR) is 141 cm³/mol. The van der Waals surface area contributed by atoms with Crippen LogP contribution in [0.25, 0.3) is 0 Å². The number of likely N-dealkylation sites (tertiary alicyclic amines) is 1. The molecule has 0 aromatic heterocycles. The van der Waals surface area contributed by atoms with Gasteiger partial charge in [0.1, 0.15) is 6.04 Å². The number of amides is 2. The van der Waals surface area contributed by atoms with E-state index in [0.717, 1.165) is 24.0 Å². The van der Waals surface area contributed by atoms with Crippen LogP contribution in [-0.4, -0.2) is 74.6 Å². The average Bonchev–Trinajstić information content (AvgIpc) is 3.37. The van der Waals surface area contributed by atoms with Gasteiger partial charge in [0.25, 0.3) is 0 Å². The molecule has 2 N–H and O–H groups in total. The third-order valence-electron chi connectivity index (χ3n) is 6.78. The fourth-order valence-electron chi connectivity index (χ4n) is 4.52. The van der Waals surface area contributed by atoms with Crippen molar-refractivity contribution in [2.45, 2.75) is 57.2 Å². The molecule has 1 saturated heterocycles. The molecule has 1 unspecified atom stereocenters. The molecule has 1 heterocycles. The Balaban J connectivity index is 1.68. The molecule has 196 valence electrons. The zero-order chi connectivity index (χ0) is 25.9. The number of hydrogen-bond donors (Lipinski definition) is 2.